The van der Waals surface area contributed by atoms with Crippen molar-refractivity contribution in [1.82, 2.24) is 10.2 Å². The Morgan fingerprint density at radius 3 is 2.48 bits per heavy atom. The number of unbranched alkanes of at least 4 members (excludes halogenated alkanes) is 2. The van der Waals surface area contributed by atoms with Crippen LogP contribution in [0, 0.1) is 6.92 Å². The molecule has 4 rings (SSSR count). The molecule has 2 amide bonds. The van der Waals surface area contributed by atoms with Crippen molar-refractivity contribution >= 4 is 34.5 Å². The fourth-order valence-corrected chi connectivity index (χ4v) is 4.71. The van der Waals surface area contributed by atoms with Crippen molar-refractivity contribution in [2.45, 2.75) is 46.5 Å². The number of aryl methyl sites for hydroxylation is 1. The highest BCUT2D eigenvalue weighted by Crippen LogP contribution is 2.44. The first-order valence-corrected chi connectivity index (χ1v) is 11.8. The number of nitrogens with one attached hydrogen (secondary N) is 1. The van der Waals surface area contributed by atoms with E-state index in [2.05, 4.69) is 19.2 Å². The molecule has 2 aliphatic rings. The Hall–Kier alpha value is -2.86. The van der Waals surface area contributed by atoms with Gasteiger partial charge in [0.1, 0.15) is 5.75 Å². The van der Waals surface area contributed by atoms with Gasteiger partial charge in [0, 0.05) is 18.0 Å². The Morgan fingerprint density at radius 2 is 1.77 bits per heavy atom. The third kappa shape index (κ3) is 4.04. The number of ether oxygens (including phenoxy) is 1. The summed E-state index contributed by atoms with van der Waals surface area (Å²) in [4.78, 5) is 29.2. The SMILES string of the molecule is CCCCOc1csc(C2=C3C(=O)N(CCCC)C(c4ccc(C)cc4)=C3C(=O)N2)c1. The quantitative estimate of drug-likeness (QED) is 0.555. The van der Waals surface area contributed by atoms with Crippen LogP contribution in [0.3, 0.4) is 0 Å². The summed E-state index contributed by atoms with van der Waals surface area (Å²) in [7, 11) is 0. The van der Waals surface area contributed by atoms with E-state index in [-0.39, 0.29) is 11.8 Å². The lowest BCUT2D eigenvalue weighted by Crippen LogP contribution is -2.28. The first-order chi connectivity index (χ1) is 15.0. The number of amides is 2. The van der Waals surface area contributed by atoms with Crippen LogP contribution in [-0.4, -0.2) is 29.9 Å². The van der Waals surface area contributed by atoms with E-state index in [0.717, 1.165) is 53.1 Å². The number of hydrogen-bond donors (Lipinski definition) is 1. The molecule has 1 aromatic carbocycles. The zero-order valence-corrected chi connectivity index (χ0v) is 19.1. The summed E-state index contributed by atoms with van der Waals surface area (Å²) in [5.41, 5.74) is 4.33. The van der Waals surface area contributed by atoms with Crippen LogP contribution in [0.15, 0.2) is 46.9 Å². The Bertz CT molecular complexity index is 1060. The molecule has 2 aliphatic heterocycles. The lowest BCUT2D eigenvalue weighted by molar-refractivity contribution is -0.123. The average Bonchev–Trinajstić information content (AvgIpc) is 3.43. The highest BCUT2D eigenvalue weighted by molar-refractivity contribution is 7.11. The fourth-order valence-electron chi connectivity index (χ4n) is 3.87. The molecule has 162 valence electrons. The predicted molar refractivity (Wildman–Crippen MR) is 125 cm³/mol. The lowest BCUT2D eigenvalue weighted by atomic mass is 10.0. The van der Waals surface area contributed by atoms with Gasteiger partial charge in [-0.1, -0.05) is 56.5 Å². The molecular formula is C25H28N2O3S. The maximum absolute atomic E-state index is 13.5. The third-order valence-corrected chi connectivity index (χ3v) is 6.51. The number of thiophene rings is 1. The summed E-state index contributed by atoms with van der Waals surface area (Å²) >= 11 is 1.49. The van der Waals surface area contributed by atoms with E-state index < -0.39 is 0 Å². The molecule has 0 fully saturated rings. The molecule has 0 saturated heterocycles. The second-order valence-corrected chi connectivity index (χ2v) is 8.86. The molecule has 1 aromatic heterocycles. The van der Waals surface area contributed by atoms with Gasteiger partial charge in [-0.2, -0.15) is 0 Å². The minimum Gasteiger partial charge on any atom is -0.493 e. The zero-order chi connectivity index (χ0) is 22.0. The normalized spacial score (nSPS) is 15.8. The first kappa shape index (κ1) is 21.4. The topological polar surface area (TPSA) is 58.6 Å². The Balaban J connectivity index is 1.77. The number of benzene rings is 1. The van der Waals surface area contributed by atoms with Crippen molar-refractivity contribution in [1.29, 1.82) is 0 Å². The molecule has 0 saturated carbocycles. The van der Waals surface area contributed by atoms with Gasteiger partial charge in [-0.05, 0) is 25.3 Å². The van der Waals surface area contributed by atoms with Crippen LogP contribution in [0.4, 0.5) is 0 Å². The number of rotatable bonds is 9. The smallest absolute Gasteiger partial charge is 0.261 e. The van der Waals surface area contributed by atoms with Gasteiger partial charge in [-0.15, -0.1) is 11.3 Å². The number of nitrogens with zero attached hydrogens (tertiary/aromatic N) is 1. The summed E-state index contributed by atoms with van der Waals surface area (Å²) in [5, 5.41) is 4.89. The fraction of sp³-hybridized carbons (Fsp3) is 0.360. The van der Waals surface area contributed by atoms with Crippen LogP contribution in [0.1, 0.15) is 55.5 Å². The van der Waals surface area contributed by atoms with Gasteiger partial charge in [0.2, 0.25) is 0 Å². The second kappa shape index (κ2) is 9.10. The highest BCUT2D eigenvalue weighted by Gasteiger charge is 2.45. The van der Waals surface area contributed by atoms with E-state index in [9.17, 15) is 9.59 Å². The standard InChI is InChI=1S/C25H28N2O3S/c1-4-6-12-27-23(17-10-8-16(3)9-11-17)21-20(25(27)29)22(26-24(21)28)19-14-18(15-31-19)30-13-7-5-2/h8-11,14-15H,4-7,12-13H2,1-3H3,(H,26,28). The Kier molecular flexibility index (Phi) is 6.28. The van der Waals surface area contributed by atoms with Crippen LogP contribution in [0.5, 0.6) is 5.75 Å². The molecule has 1 N–H and O–H groups in total. The van der Waals surface area contributed by atoms with Gasteiger partial charge in [-0.25, -0.2) is 0 Å². The predicted octanol–water partition coefficient (Wildman–Crippen LogP) is 5.13. The van der Waals surface area contributed by atoms with Crippen LogP contribution in [0.25, 0.3) is 11.4 Å². The third-order valence-electron chi connectivity index (χ3n) is 5.58. The van der Waals surface area contributed by atoms with E-state index in [1.807, 2.05) is 42.6 Å². The van der Waals surface area contributed by atoms with Gasteiger partial charge in [-0.3, -0.25) is 9.59 Å². The Morgan fingerprint density at radius 1 is 1.03 bits per heavy atom. The van der Waals surface area contributed by atoms with Gasteiger partial charge >= 0.3 is 0 Å². The van der Waals surface area contributed by atoms with Crippen LogP contribution >= 0.6 is 11.3 Å². The summed E-state index contributed by atoms with van der Waals surface area (Å²) < 4.78 is 5.80. The maximum atomic E-state index is 13.5. The Labute approximate surface area is 187 Å². The largest absolute Gasteiger partial charge is 0.493 e. The molecule has 31 heavy (non-hydrogen) atoms. The zero-order valence-electron chi connectivity index (χ0n) is 18.3. The molecular weight excluding hydrogens is 408 g/mol. The molecule has 0 bridgehead atoms. The minimum atomic E-state index is -0.213. The molecule has 3 heterocycles. The molecule has 0 spiro atoms. The maximum Gasteiger partial charge on any atom is 0.261 e. The summed E-state index contributed by atoms with van der Waals surface area (Å²) in [6.07, 6.45) is 3.92. The molecule has 0 radical (unpaired) electrons. The number of carbonyl (C=O) groups excluding carboxylic acids is 2. The summed E-state index contributed by atoms with van der Waals surface area (Å²) in [6.45, 7) is 7.51. The van der Waals surface area contributed by atoms with Crippen molar-refractivity contribution in [2.75, 3.05) is 13.2 Å². The van der Waals surface area contributed by atoms with Crippen LogP contribution in [-0.2, 0) is 9.59 Å². The van der Waals surface area contributed by atoms with Crippen LogP contribution in [0.2, 0.25) is 0 Å². The molecule has 0 atom stereocenters. The van der Waals surface area contributed by atoms with E-state index in [1.165, 1.54) is 11.3 Å². The van der Waals surface area contributed by atoms with Crippen molar-refractivity contribution in [3.8, 4) is 5.75 Å². The van der Waals surface area contributed by atoms with Crippen molar-refractivity contribution in [3.05, 3.63) is 62.9 Å². The van der Waals surface area contributed by atoms with E-state index in [0.29, 0.717) is 30.0 Å². The molecule has 6 heteroatoms. The lowest BCUT2D eigenvalue weighted by Gasteiger charge is -2.21. The second-order valence-electron chi connectivity index (χ2n) is 7.95. The highest BCUT2D eigenvalue weighted by atomic mass is 32.1. The molecule has 0 unspecified atom stereocenters. The average molecular weight is 437 g/mol. The van der Waals surface area contributed by atoms with E-state index in [4.69, 9.17) is 4.74 Å². The number of fused-ring (bicyclic) bond motifs is 1. The summed E-state index contributed by atoms with van der Waals surface area (Å²) in [5.74, 6) is 0.462. The monoisotopic (exact) mass is 436 g/mol. The summed E-state index contributed by atoms with van der Waals surface area (Å²) in [6, 6.07) is 9.92. The first-order valence-electron chi connectivity index (χ1n) is 11.0. The van der Waals surface area contributed by atoms with Crippen molar-refractivity contribution in [2.24, 2.45) is 0 Å². The number of carbonyl (C=O) groups is 2. The van der Waals surface area contributed by atoms with Crippen LogP contribution < -0.4 is 10.1 Å². The number of hydrogen-bond acceptors (Lipinski definition) is 4. The van der Waals surface area contributed by atoms with E-state index in [1.54, 1.807) is 4.90 Å². The minimum absolute atomic E-state index is 0.103. The van der Waals surface area contributed by atoms with Gasteiger partial charge in [0.25, 0.3) is 11.8 Å². The van der Waals surface area contributed by atoms with Gasteiger partial charge in [0.15, 0.2) is 0 Å². The molecule has 5 nitrogen and oxygen atoms in total. The molecule has 0 aliphatic carbocycles. The van der Waals surface area contributed by atoms with E-state index >= 15 is 0 Å². The van der Waals surface area contributed by atoms with Crippen molar-refractivity contribution in [3.63, 3.8) is 0 Å². The van der Waals surface area contributed by atoms with Gasteiger partial charge < -0.3 is 15.0 Å². The van der Waals surface area contributed by atoms with Crippen molar-refractivity contribution < 1.29 is 14.3 Å². The molecule has 2 aromatic rings. The van der Waals surface area contributed by atoms with Gasteiger partial charge in [0.05, 0.1) is 34.0 Å².